The second kappa shape index (κ2) is 9.15. The maximum absolute atomic E-state index is 11.8. The van der Waals surface area contributed by atoms with Gasteiger partial charge in [-0.2, -0.15) is 0 Å². The smallest absolute Gasteiger partial charge is 0.246 e. The Morgan fingerprint density at radius 3 is 2.60 bits per heavy atom. The number of likely N-dealkylation sites (N-methyl/N-ethyl adjacent to an activating group) is 1. The van der Waals surface area contributed by atoms with Crippen molar-refractivity contribution in [1.29, 1.82) is 0 Å². The maximum Gasteiger partial charge on any atom is 0.246 e. The van der Waals surface area contributed by atoms with E-state index in [-0.39, 0.29) is 12.7 Å². The van der Waals surface area contributed by atoms with Gasteiger partial charge in [-0.15, -0.1) is 0 Å². The van der Waals surface area contributed by atoms with Gasteiger partial charge in [-0.25, -0.2) is 0 Å². The SMILES string of the molecule is CCCCN(C)C(=O)/C=C/c1ccc(OCOC)cc1. The van der Waals surface area contributed by atoms with Gasteiger partial charge in [0.25, 0.3) is 0 Å². The highest BCUT2D eigenvalue weighted by Crippen LogP contribution is 2.13. The van der Waals surface area contributed by atoms with E-state index in [1.54, 1.807) is 18.1 Å². The van der Waals surface area contributed by atoms with Gasteiger partial charge in [0.2, 0.25) is 5.91 Å². The molecule has 0 unspecified atom stereocenters. The van der Waals surface area contributed by atoms with Gasteiger partial charge in [-0.1, -0.05) is 25.5 Å². The van der Waals surface area contributed by atoms with E-state index < -0.39 is 0 Å². The summed E-state index contributed by atoms with van der Waals surface area (Å²) < 4.78 is 10.1. The van der Waals surface area contributed by atoms with Crippen molar-refractivity contribution in [3.63, 3.8) is 0 Å². The highest BCUT2D eigenvalue weighted by Gasteiger charge is 2.03. The van der Waals surface area contributed by atoms with Crippen LogP contribution in [0.5, 0.6) is 5.75 Å². The molecule has 0 heterocycles. The Bertz CT molecular complexity index is 426. The van der Waals surface area contributed by atoms with Gasteiger partial charge < -0.3 is 14.4 Å². The molecule has 4 nitrogen and oxygen atoms in total. The Balaban J connectivity index is 2.50. The third-order valence-corrected chi connectivity index (χ3v) is 2.87. The Hall–Kier alpha value is -1.81. The lowest BCUT2D eigenvalue weighted by Crippen LogP contribution is -2.25. The minimum atomic E-state index is 0.0261. The molecular weight excluding hydrogens is 254 g/mol. The fourth-order valence-corrected chi connectivity index (χ4v) is 1.60. The molecule has 0 aliphatic rings. The largest absolute Gasteiger partial charge is 0.468 e. The Morgan fingerprint density at radius 2 is 2.00 bits per heavy atom. The van der Waals surface area contributed by atoms with E-state index in [1.165, 1.54) is 0 Å². The van der Waals surface area contributed by atoms with Crippen LogP contribution in [0.25, 0.3) is 6.08 Å². The molecule has 4 heteroatoms. The van der Waals surface area contributed by atoms with E-state index in [4.69, 9.17) is 9.47 Å². The number of hydrogen-bond donors (Lipinski definition) is 0. The van der Waals surface area contributed by atoms with Crippen LogP contribution in [-0.4, -0.2) is 38.3 Å². The summed E-state index contributed by atoms with van der Waals surface area (Å²) in [7, 11) is 3.40. The van der Waals surface area contributed by atoms with E-state index in [9.17, 15) is 4.79 Å². The number of ether oxygens (including phenoxy) is 2. The zero-order valence-corrected chi connectivity index (χ0v) is 12.5. The van der Waals surface area contributed by atoms with Gasteiger partial charge in [-0.3, -0.25) is 4.79 Å². The van der Waals surface area contributed by atoms with Crippen LogP contribution in [0.1, 0.15) is 25.3 Å². The second-order valence-corrected chi connectivity index (χ2v) is 4.57. The molecule has 0 saturated carbocycles. The summed E-state index contributed by atoms with van der Waals surface area (Å²) in [6, 6.07) is 7.51. The van der Waals surface area contributed by atoms with E-state index >= 15 is 0 Å². The third kappa shape index (κ3) is 5.89. The molecule has 0 atom stereocenters. The van der Waals surface area contributed by atoms with Crippen LogP contribution >= 0.6 is 0 Å². The third-order valence-electron chi connectivity index (χ3n) is 2.87. The first-order valence-corrected chi connectivity index (χ1v) is 6.82. The van der Waals surface area contributed by atoms with Crippen molar-refractivity contribution < 1.29 is 14.3 Å². The number of carbonyl (C=O) groups excluding carboxylic acids is 1. The zero-order chi connectivity index (χ0) is 14.8. The molecule has 1 aromatic rings. The maximum atomic E-state index is 11.8. The zero-order valence-electron chi connectivity index (χ0n) is 12.5. The van der Waals surface area contributed by atoms with Crippen LogP contribution in [0.2, 0.25) is 0 Å². The molecule has 0 radical (unpaired) electrons. The summed E-state index contributed by atoms with van der Waals surface area (Å²) in [5.74, 6) is 0.772. The molecule has 20 heavy (non-hydrogen) atoms. The monoisotopic (exact) mass is 277 g/mol. The van der Waals surface area contributed by atoms with Crippen molar-refractivity contribution in [1.82, 2.24) is 4.90 Å². The Kier molecular flexibility index (Phi) is 7.43. The molecule has 0 aliphatic heterocycles. The van der Waals surface area contributed by atoms with E-state index in [0.717, 1.165) is 30.7 Å². The van der Waals surface area contributed by atoms with Crippen molar-refractivity contribution in [2.45, 2.75) is 19.8 Å². The minimum absolute atomic E-state index is 0.0261. The molecule has 0 N–H and O–H groups in total. The first-order chi connectivity index (χ1) is 9.67. The van der Waals surface area contributed by atoms with Crippen LogP contribution in [0.4, 0.5) is 0 Å². The number of carbonyl (C=O) groups is 1. The first-order valence-electron chi connectivity index (χ1n) is 6.82. The average molecular weight is 277 g/mol. The van der Waals surface area contributed by atoms with E-state index in [2.05, 4.69) is 6.92 Å². The molecule has 1 amide bonds. The van der Waals surface area contributed by atoms with Crippen molar-refractivity contribution in [3.05, 3.63) is 35.9 Å². The highest BCUT2D eigenvalue weighted by molar-refractivity contribution is 5.91. The number of benzene rings is 1. The molecule has 1 aromatic carbocycles. The predicted molar refractivity (Wildman–Crippen MR) is 80.5 cm³/mol. The summed E-state index contributed by atoms with van der Waals surface area (Å²) in [5, 5.41) is 0. The van der Waals surface area contributed by atoms with E-state index in [0.29, 0.717) is 0 Å². The molecule has 0 fully saturated rings. The second-order valence-electron chi connectivity index (χ2n) is 4.57. The summed E-state index contributed by atoms with van der Waals surface area (Å²) >= 11 is 0. The number of nitrogens with zero attached hydrogens (tertiary/aromatic N) is 1. The van der Waals surface area contributed by atoms with Gasteiger partial charge in [0.05, 0.1) is 0 Å². The topological polar surface area (TPSA) is 38.8 Å². The molecule has 0 aliphatic carbocycles. The Morgan fingerprint density at radius 1 is 1.30 bits per heavy atom. The summed E-state index contributed by atoms with van der Waals surface area (Å²) in [5.41, 5.74) is 0.965. The molecule has 0 saturated heterocycles. The summed E-state index contributed by atoms with van der Waals surface area (Å²) in [6.07, 6.45) is 5.53. The normalized spacial score (nSPS) is 10.8. The lowest BCUT2D eigenvalue weighted by molar-refractivity contribution is -0.124. The fraction of sp³-hybridized carbons (Fsp3) is 0.438. The standard InChI is InChI=1S/C16H23NO3/c1-4-5-12-17(2)16(18)11-8-14-6-9-15(10-7-14)20-13-19-3/h6-11H,4-5,12-13H2,1-3H3/b11-8+. The number of methoxy groups -OCH3 is 1. The number of hydrogen-bond acceptors (Lipinski definition) is 3. The van der Waals surface area contributed by atoms with Crippen LogP contribution in [0, 0.1) is 0 Å². The van der Waals surface area contributed by atoms with Crippen molar-refractivity contribution in [2.24, 2.45) is 0 Å². The Labute approximate surface area is 121 Å². The molecule has 0 bridgehead atoms. The van der Waals surface area contributed by atoms with Gasteiger partial charge >= 0.3 is 0 Å². The van der Waals surface area contributed by atoms with Crippen molar-refractivity contribution in [3.8, 4) is 5.75 Å². The van der Waals surface area contributed by atoms with Gasteiger partial charge in [0, 0.05) is 26.8 Å². The highest BCUT2D eigenvalue weighted by atomic mass is 16.7. The fourth-order valence-electron chi connectivity index (χ4n) is 1.60. The number of rotatable bonds is 8. The number of unbranched alkanes of at least 4 members (excludes halogenated alkanes) is 1. The molecule has 0 spiro atoms. The minimum Gasteiger partial charge on any atom is -0.468 e. The summed E-state index contributed by atoms with van der Waals surface area (Å²) in [6.45, 7) is 3.14. The quantitative estimate of drug-likeness (QED) is 0.541. The van der Waals surface area contributed by atoms with Gasteiger partial charge in [-0.05, 0) is 30.2 Å². The predicted octanol–water partition coefficient (Wildman–Crippen LogP) is 2.94. The number of amides is 1. The first kappa shape index (κ1) is 16.2. The van der Waals surface area contributed by atoms with E-state index in [1.807, 2.05) is 37.4 Å². The summed E-state index contributed by atoms with van der Waals surface area (Å²) in [4.78, 5) is 13.6. The van der Waals surface area contributed by atoms with Gasteiger partial charge in [0.15, 0.2) is 6.79 Å². The molecule has 0 aromatic heterocycles. The van der Waals surface area contributed by atoms with Crippen LogP contribution in [0.15, 0.2) is 30.3 Å². The lowest BCUT2D eigenvalue weighted by Gasteiger charge is -2.13. The van der Waals surface area contributed by atoms with Crippen LogP contribution < -0.4 is 4.74 Å². The molecule has 110 valence electrons. The van der Waals surface area contributed by atoms with Crippen LogP contribution in [-0.2, 0) is 9.53 Å². The molecular formula is C16H23NO3. The van der Waals surface area contributed by atoms with Crippen molar-refractivity contribution >= 4 is 12.0 Å². The average Bonchev–Trinajstić information content (AvgIpc) is 2.49. The van der Waals surface area contributed by atoms with Gasteiger partial charge in [0.1, 0.15) is 5.75 Å². The van der Waals surface area contributed by atoms with Crippen LogP contribution in [0.3, 0.4) is 0 Å². The molecule has 1 rings (SSSR count). The lowest BCUT2D eigenvalue weighted by atomic mass is 10.2. The van der Waals surface area contributed by atoms with Crippen molar-refractivity contribution in [2.75, 3.05) is 27.5 Å².